The highest BCUT2D eigenvalue weighted by Gasteiger charge is 2.10. The third kappa shape index (κ3) is 3.47. The highest BCUT2D eigenvalue weighted by Crippen LogP contribution is 2.14. The number of hydrogen-bond donors (Lipinski definition) is 1. The predicted octanol–water partition coefficient (Wildman–Crippen LogP) is 2.68. The Kier molecular flexibility index (Phi) is 4.59. The number of nitrogens with one attached hydrogen (secondary N) is 1. The largest absolute Gasteiger partial charge is 0.462 e. The van der Waals surface area contributed by atoms with E-state index in [-0.39, 0.29) is 5.97 Å². The number of hydrogen-bond acceptors (Lipinski definition) is 4. The zero-order valence-corrected chi connectivity index (χ0v) is 10.8. The second kappa shape index (κ2) is 6.40. The second-order valence-corrected chi connectivity index (χ2v) is 4.46. The van der Waals surface area contributed by atoms with Crippen LogP contribution < -0.4 is 5.43 Å². The van der Waals surface area contributed by atoms with Crippen LogP contribution in [0.3, 0.4) is 0 Å². The van der Waals surface area contributed by atoms with Gasteiger partial charge in [-0.3, -0.25) is 0 Å². The molecule has 1 aliphatic rings. The topological polar surface area (TPSA) is 41.6 Å². The summed E-state index contributed by atoms with van der Waals surface area (Å²) in [5, 5.41) is 2.23. The molecule has 1 fully saturated rings. The van der Waals surface area contributed by atoms with E-state index in [0.29, 0.717) is 12.2 Å². The number of nitrogens with zero attached hydrogens (tertiary/aromatic N) is 1. The molecule has 0 amide bonds. The van der Waals surface area contributed by atoms with Crippen molar-refractivity contribution >= 4 is 11.7 Å². The number of esters is 1. The lowest BCUT2D eigenvalue weighted by Gasteiger charge is -2.27. The molecule has 0 spiro atoms. The number of benzene rings is 1. The first-order valence-electron chi connectivity index (χ1n) is 6.58. The molecule has 2 rings (SSSR count). The molecule has 0 radical (unpaired) electrons. The molecule has 1 saturated heterocycles. The van der Waals surface area contributed by atoms with Gasteiger partial charge in [-0.05, 0) is 44.0 Å². The Labute approximate surface area is 108 Å². The fourth-order valence-corrected chi connectivity index (χ4v) is 2.08. The smallest absolute Gasteiger partial charge is 0.338 e. The summed E-state index contributed by atoms with van der Waals surface area (Å²) in [5.74, 6) is -0.262. The highest BCUT2D eigenvalue weighted by molar-refractivity contribution is 5.89. The van der Waals surface area contributed by atoms with E-state index in [1.54, 1.807) is 12.1 Å². The molecule has 98 valence electrons. The number of piperidine rings is 1. The lowest BCUT2D eigenvalue weighted by molar-refractivity contribution is 0.0526. The number of anilines is 1. The van der Waals surface area contributed by atoms with Gasteiger partial charge in [0.15, 0.2) is 0 Å². The first kappa shape index (κ1) is 12.9. The lowest BCUT2D eigenvalue weighted by atomic mass is 10.1. The van der Waals surface area contributed by atoms with Crippen molar-refractivity contribution in [2.24, 2.45) is 0 Å². The molecule has 0 bridgehead atoms. The van der Waals surface area contributed by atoms with Gasteiger partial charge in [0.05, 0.1) is 12.2 Å². The van der Waals surface area contributed by atoms with Gasteiger partial charge in [-0.1, -0.05) is 6.42 Å². The molecule has 1 heterocycles. The lowest BCUT2D eigenvalue weighted by Crippen LogP contribution is -2.34. The second-order valence-electron chi connectivity index (χ2n) is 4.46. The minimum Gasteiger partial charge on any atom is -0.462 e. The van der Waals surface area contributed by atoms with E-state index < -0.39 is 0 Å². The third-order valence-corrected chi connectivity index (χ3v) is 3.04. The Hall–Kier alpha value is -1.55. The molecule has 1 N–H and O–H groups in total. The monoisotopic (exact) mass is 248 g/mol. The highest BCUT2D eigenvalue weighted by atomic mass is 16.5. The zero-order chi connectivity index (χ0) is 12.8. The van der Waals surface area contributed by atoms with Crippen molar-refractivity contribution in [3.05, 3.63) is 29.8 Å². The Morgan fingerprint density at radius 1 is 1.22 bits per heavy atom. The Morgan fingerprint density at radius 3 is 2.50 bits per heavy atom. The summed E-state index contributed by atoms with van der Waals surface area (Å²) in [4.78, 5) is 11.5. The maximum absolute atomic E-state index is 11.5. The molecule has 0 atom stereocenters. The van der Waals surface area contributed by atoms with Gasteiger partial charge < -0.3 is 10.2 Å². The summed E-state index contributed by atoms with van der Waals surface area (Å²) in [5.41, 5.74) is 4.98. The van der Waals surface area contributed by atoms with Crippen LogP contribution in [0, 0.1) is 0 Å². The zero-order valence-electron chi connectivity index (χ0n) is 10.8. The van der Waals surface area contributed by atoms with Gasteiger partial charge in [-0.15, -0.1) is 0 Å². The standard InChI is InChI=1S/C14H20N2O2/c1-2-18-14(17)12-6-8-13(9-7-12)15-16-10-4-3-5-11-16/h6-9,15H,2-5,10-11H2,1H3. The summed E-state index contributed by atoms with van der Waals surface area (Å²) < 4.78 is 4.95. The van der Waals surface area contributed by atoms with E-state index in [9.17, 15) is 4.79 Å². The van der Waals surface area contributed by atoms with Crippen LogP contribution in [0.25, 0.3) is 0 Å². The van der Waals surface area contributed by atoms with E-state index >= 15 is 0 Å². The van der Waals surface area contributed by atoms with E-state index in [1.807, 2.05) is 19.1 Å². The van der Waals surface area contributed by atoms with Gasteiger partial charge in [-0.2, -0.15) is 0 Å². The Balaban J connectivity index is 1.92. The normalized spacial score (nSPS) is 16.3. The SMILES string of the molecule is CCOC(=O)c1ccc(NN2CCCCC2)cc1. The van der Waals surface area contributed by atoms with Crippen LogP contribution in [-0.4, -0.2) is 30.7 Å². The van der Waals surface area contributed by atoms with Crippen molar-refractivity contribution in [3.63, 3.8) is 0 Å². The summed E-state index contributed by atoms with van der Waals surface area (Å²) in [6, 6.07) is 7.43. The summed E-state index contributed by atoms with van der Waals surface area (Å²) in [7, 11) is 0. The number of carbonyl (C=O) groups excluding carboxylic acids is 1. The molecule has 0 aromatic heterocycles. The molecule has 18 heavy (non-hydrogen) atoms. The first-order chi connectivity index (χ1) is 8.79. The van der Waals surface area contributed by atoms with Crippen molar-refractivity contribution < 1.29 is 9.53 Å². The van der Waals surface area contributed by atoms with Crippen molar-refractivity contribution in [3.8, 4) is 0 Å². The molecule has 1 aromatic rings. The summed E-state index contributed by atoms with van der Waals surface area (Å²) >= 11 is 0. The predicted molar refractivity (Wildman–Crippen MR) is 71.4 cm³/mol. The van der Waals surface area contributed by atoms with E-state index in [0.717, 1.165) is 18.8 Å². The van der Waals surface area contributed by atoms with Crippen molar-refractivity contribution in [1.29, 1.82) is 0 Å². The van der Waals surface area contributed by atoms with Gasteiger partial charge in [0, 0.05) is 18.8 Å². The average molecular weight is 248 g/mol. The third-order valence-electron chi connectivity index (χ3n) is 3.04. The molecule has 0 saturated carbocycles. The molecular formula is C14H20N2O2. The molecule has 4 nitrogen and oxygen atoms in total. The quantitative estimate of drug-likeness (QED) is 0.832. The molecule has 0 unspecified atom stereocenters. The number of rotatable bonds is 4. The molecule has 0 aliphatic carbocycles. The number of hydrazine groups is 1. The Morgan fingerprint density at radius 2 is 1.89 bits per heavy atom. The van der Waals surface area contributed by atoms with Crippen LogP contribution in [0.4, 0.5) is 5.69 Å². The van der Waals surface area contributed by atoms with E-state index in [2.05, 4.69) is 10.4 Å². The maximum atomic E-state index is 11.5. The number of ether oxygens (including phenoxy) is 1. The van der Waals surface area contributed by atoms with Crippen LogP contribution in [0.15, 0.2) is 24.3 Å². The van der Waals surface area contributed by atoms with E-state index in [4.69, 9.17) is 4.74 Å². The Bertz CT molecular complexity index is 383. The molecule has 4 heteroatoms. The number of carbonyl (C=O) groups is 1. The van der Waals surface area contributed by atoms with Crippen molar-refractivity contribution in [2.75, 3.05) is 25.1 Å². The van der Waals surface area contributed by atoms with Gasteiger partial charge in [-0.25, -0.2) is 9.80 Å². The molecule has 1 aromatic carbocycles. The van der Waals surface area contributed by atoms with Crippen LogP contribution in [-0.2, 0) is 4.74 Å². The van der Waals surface area contributed by atoms with Crippen molar-refractivity contribution in [1.82, 2.24) is 5.01 Å². The van der Waals surface area contributed by atoms with Gasteiger partial charge in [0.25, 0.3) is 0 Å². The fraction of sp³-hybridized carbons (Fsp3) is 0.500. The summed E-state index contributed by atoms with van der Waals surface area (Å²) in [6.07, 6.45) is 3.81. The maximum Gasteiger partial charge on any atom is 0.338 e. The summed E-state index contributed by atoms with van der Waals surface area (Å²) in [6.45, 7) is 4.38. The minimum atomic E-state index is -0.262. The van der Waals surface area contributed by atoms with Crippen molar-refractivity contribution in [2.45, 2.75) is 26.2 Å². The van der Waals surface area contributed by atoms with Crippen LogP contribution in [0.5, 0.6) is 0 Å². The molecule has 1 aliphatic heterocycles. The van der Waals surface area contributed by atoms with E-state index in [1.165, 1.54) is 19.3 Å². The minimum absolute atomic E-state index is 0.262. The van der Waals surface area contributed by atoms with Crippen LogP contribution >= 0.6 is 0 Å². The fourth-order valence-electron chi connectivity index (χ4n) is 2.08. The molecular weight excluding hydrogens is 228 g/mol. The van der Waals surface area contributed by atoms with Crippen LogP contribution in [0.2, 0.25) is 0 Å². The average Bonchev–Trinajstić information content (AvgIpc) is 2.41. The first-order valence-corrected chi connectivity index (χ1v) is 6.58. The van der Waals surface area contributed by atoms with Gasteiger partial charge in [0.2, 0.25) is 0 Å². The van der Waals surface area contributed by atoms with Gasteiger partial charge in [0.1, 0.15) is 0 Å². The van der Waals surface area contributed by atoms with Gasteiger partial charge >= 0.3 is 5.97 Å². The van der Waals surface area contributed by atoms with Crippen LogP contribution in [0.1, 0.15) is 36.5 Å².